The predicted molar refractivity (Wildman–Crippen MR) is 72.6 cm³/mol. The molecule has 0 spiro atoms. The molecule has 0 amide bonds. The van der Waals surface area contributed by atoms with Crippen molar-refractivity contribution in [1.29, 1.82) is 0 Å². The summed E-state index contributed by atoms with van der Waals surface area (Å²) in [6.07, 6.45) is 1.09. The van der Waals surface area contributed by atoms with Crippen molar-refractivity contribution in [3.05, 3.63) is 38.3 Å². The van der Waals surface area contributed by atoms with Gasteiger partial charge in [-0.2, -0.15) is 0 Å². The minimum Gasteiger partial charge on any atom is -0.461 e. The molecule has 7 nitrogen and oxygen atoms in total. The maximum absolute atomic E-state index is 12.1. The zero-order chi connectivity index (χ0) is 15.4. The first-order valence-electron chi connectivity index (χ1n) is 6.35. The van der Waals surface area contributed by atoms with Crippen molar-refractivity contribution >= 4 is 11.7 Å². The lowest BCUT2D eigenvalue weighted by molar-refractivity contribution is -0.385. The predicted octanol–water partition coefficient (Wildman–Crippen LogP) is 1.97. The third-order valence-corrected chi connectivity index (χ3v) is 2.76. The summed E-state index contributed by atoms with van der Waals surface area (Å²) in [6, 6.07) is 0.336. The van der Waals surface area contributed by atoms with Gasteiger partial charge in [-0.3, -0.25) is 19.5 Å². The number of rotatable bonds is 5. The highest BCUT2D eigenvalue weighted by molar-refractivity contribution is 5.74. The number of esters is 1. The summed E-state index contributed by atoms with van der Waals surface area (Å²) in [4.78, 5) is 34.3. The van der Waals surface area contributed by atoms with Crippen molar-refractivity contribution in [1.82, 2.24) is 4.57 Å². The van der Waals surface area contributed by atoms with Gasteiger partial charge in [0.2, 0.25) is 0 Å². The molecule has 0 radical (unpaired) electrons. The number of hydrogen-bond donors (Lipinski definition) is 0. The molecule has 1 rings (SSSR count). The third kappa shape index (κ3) is 3.43. The molecule has 1 atom stereocenters. The highest BCUT2D eigenvalue weighted by Crippen LogP contribution is 2.17. The molecule has 0 aliphatic carbocycles. The molecule has 0 saturated heterocycles. The Morgan fingerprint density at radius 1 is 1.50 bits per heavy atom. The van der Waals surface area contributed by atoms with Crippen LogP contribution in [0.4, 0.5) is 5.69 Å². The van der Waals surface area contributed by atoms with Gasteiger partial charge in [0, 0.05) is 11.6 Å². The van der Waals surface area contributed by atoms with Crippen molar-refractivity contribution in [3.63, 3.8) is 0 Å². The van der Waals surface area contributed by atoms with Crippen molar-refractivity contribution in [2.24, 2.45) is 0 Å². The first-order valence-corrected chi connectivity index (χ1v) is 6.35. The molecule has 0 N–H and O–H groups in total. The molecule has 1 aromatic heterocycles. The number of nitro groups is 1. The lowest BCUT2D eigenvalue weighted by Crippen LogP contribution is -2.32. The summed E-state index contributed by atoms with van der Waals surface area (Å²) >= 11 is 0. The van der Waals surface area contributed by atoms with Crippen LogP contribution >= 0.6 is 0 Å². The van der Waals surface area contributed by atoms with Gasteiger partial charge in [-0.15, -0.1) is 0 Å². The Labute approximate surface area is 116 Å². The second kappa shape index (κ2) is 6.31. The highest BCUT2D eigenvalue weighted by atomic mass is 16.6. The molecular weight excluding hydrogens is 264 g/mol. The largest absolute Gasteiger partial charge is 0.461 e. The van der Waals surface area contributed by atoms with E-state index in [1.54, 1.807) is 20.8 Å². The van der Waals surface area contributed by atoms with Gasteiger partial charge in [0.15, 0.2) is 0 Å². The fraction of sp³-hybridized carbons (Fsp3) is 0.538. The lowest BCUT2D eigenvalue weighted by Gasteiger charge is -2.18. The van der Waals surface area contributed by atoms with Crippen molar-refractivity contribution in [2.45, 2.75) is 46.3 Å². The van der Waals surface area contributed by atoms with Crippen LogP contribution in [0.1, 0.15) is 38.8 Å². The van der Waals surface area contributed by atoms with Crippen LogP contribution in [0.15, 0.2) is 17.1 Å². The molecule has 0 aliphatic heterocycles. The molecule has 1 aromatic rings. The van der Waals surface area contributed by atoms with E-state index in [0.717, 1.165) is 10.8 Å². The number of ether oxygens (including phenoxy) is 1. The van der Waals surface area contributed by atoms with E-state index in [9.17, 15) is 19.7 Å². The van der Waals surface area contributed by atoms with Gasteiger partial charge in [0.05, 0.1) is 17.2 Å². The summed E-state index contributed by atoms with van der Waals surface area (Å²) in [6.45, 7) is 6.59. The summed E-state index contributed by atoms with van der Waals surface area (Å²) in [5, 5.41) is 10.8. The van der Waals surface area contributed by atoms with Gasteiger partial charge in [-0.05, 0) is 27.2 Å². The van der Waals surface area contributed by atoms with Gasteiger partial charge in [-0.25, -0.2) is 4.79 Å². The lowest BCUT2D eigenvalue weighted by atomic mass is 10.2. The van der Waals surface area contributed by atoms with E-state index in [1.165, 1.54) is 13.0 Å². The Hall–Kier alpha value is -2.18. The molecule has 110 valence electrons. The standard InChI is InChI=1S/C13H18N2O5/c1-5-11(13(17)20-8(2)3)14-7-10(15(18)19)6-9(4)12(14)16/h6-8,11H,5H2,1-4H3. The first-order chi connectivity index (χ1) is 9.27. The molecule has 0 fully saturated rings. The van der Waals surface area contributed by atoms with E-state index in [1.807, 2.05) is 0 Å². The molecule has 20 heavy (non-hydrogen) atoms. The Kier molecular flexibility index (Phi) is 5.01. The molecular formula is C13H18N2O5. The van der Waals surface area contributed by atoms with E-state index in [-0.39, 0.29) is 17.4 Å². The smallest absolute Gasteiger partial charge is 0.329 e. The highest BCUT2D eigenvalue weighted by Gasteiger charge is 2.24. The van der Waals surface area contributed by atoms with Crippen LogP contribution in [-0.2, 0) is 9.53 Å². The van der Waals surface area contributed by atoms with Crippen LogP contribution in [-0.4, -0.2) is 21.6 Å². The summed E-state index contributed by atoms with van der Waals surface area (Å²) in [7, 11) is 0. The fourth-order valence-electron chi connectivity index (χ4n) is 1.84. The van der Waals surface area contributed by atoms with E-state index in [2.05, 4.69) is 0 Å². The first kappa shape index (κ1) is 15.9. The Morgan fingerprint density at radius 2 is 2.10 bits per heavy atom. The van der Waals surface area contributed by atoms with Crippen molar-refractivity contribution in [2.75, 3.05) is 0 Å². The summed E-state index contributed by atoms with van der Waals surface area (Å²) < 4.78 is 6.17. The summed E-state index contributed by atoms with van der Waals surface area (Å²) in [5.74, 6) is -0.565. The minimum absolute atomic E-state index is 0.218. The van der Waals surface area contributed by atoms with Crippen LogP contribution in [0.2, 0.25) is 0 Å². The second-order valence-electron chi connectivity index (χ2n) is 4.76. The van der Waals surface area contributed by atoms with Gasteiger partial charge >= 0.3 is 5.97 Å². The van der Waals surface area contributed by atoms with E-state index >= 15 is 0 Å². The van der Waals surface area contributed by atoms with Crippen LogP contribution in [0.3, 0.4) is 0 Å². The molecule has 7 heteroatoms. The van der Waals surface area contributed by atoms with E-state index in [4.69, 9.17) is 4.74 Å². The van der Waals surface area contributed by atoms with Gasteiger partial charge in [-0.1, -0.05) is 6.92 Å². The Morgan fingerprint density at radius 3 is 2.55 bits per heavy atom. The van der Waals surface area contributed by atoms with Crippen LogP contribution in [0.5, 0.6) is 0 Å². The summed E-state index contributed by atoms with van der Waals surface area (Å²) in [5.41, 5.74) is -0.434. The van der Waals surface area contributed by atoms with Crippen LogP contribution < -0.4 is 5.56 Å². The SMILES string of the molecule is CCC(C(=O)OC(C)C)n1cc([N+](=O)[O-])cc(C)c1=O. The minimum atomic E-state index is -0.858. The Bertz CT molecular complexity index is 577. The maximum Gasteiger partial charge on any atom is 0.329 e. The van der Waals surface area contributed by atoms with Crippen molar-refractivity contribution in [3.8, 4) is 0 Å². The molecule has 0 bridgehead atoms. The van der Waals surface area contributed by atoms with Crippen LogP contribution in [0, 0.1) is 17.0 Å². The number of aryl methyl sites for hydroxylation is 1. The molecule has 0 saturated carbocycles. The fourth-order valence-corrected chi connectivity index (χ4v) is 1.84. The average Bonchev–Trinajstić information content (AvgIpc) is 2.33. The quantitative estimate of drug-likeness (QED) is 0.467. The monoisotopic (exact) mass is 282 g/mol. The van der Waals surface area contributed by atoms with Gasteiger partial charge < -0.3 is 4.74 Å². The zero-order valence-electron chi connectivity index (χ0n) is 12.0. The zero-order valence-corrected chi connectivity index (χ0v) is 12.0. The number of pyridine rings is 1. The number of aromatic nitrogens is 1. The van der Waals surface area contributed by atoms with Crippen molar-refractivity contribution < 1.29 is 14.5 Å². The number of nitrogens with zero attached hydrogens (tertiary/aromatic N) is 2. The number of carbonyl (C=O) groups excluding carboxylic acids is 1. The molecule has 1 heterocycles. The molecule has 1 unspecified atom stereocenters. The molecule has 0 aromatic carbocycles. The number of carbonyl (C=O) groups is 1. The van der Waals surface area contributed by atoms with Gasteiger partial charge in [0.25, 0.3) is 11.2 Å². The van der Waals surface area contributed by atoms with E-state index in [0.29, 0.717) is 6.42 Å². The third-order valence-electron chi connectivity index (χ3n) is 2.76. The second-order valence-corrected chi connectivity index (χ2v) is 4.76. The van der Waals surface area contributed by atoms with Gasteiger partial charge in [0.1, 0.15) is 6.04 Å². The Balaban J connectivity index is 3.31. The maximum atomic E-state index is 12.1. The topological polar surface area (TPSA) is 91.4 Å². The molecule has 0 aliphatic rings. The number of hydrogen-bond acceptors (Lipinski definition) is 5. The normalized spacial score (nSPS) is 12.2. The van der Waals surface area contributed by atoms with E-state index < -0.39 is 22.5 Å². The average molecular weight is 282 g/mol. The van der Waals surface area contributed by atoms with Crippen LogP contribution in [0.25, 0.3) is 0 Å².